The summed E-state index contributed by atoms with van der Waals surface area (Å²) in [5.74, 6) is -1.94. The van der Waals surface area contributed by atoms with Gasteiger partial charge in [0.2, 0.25) is 5.91 Å². The van der Waals surface area contributed by atoms with Crippen LogP contribution < -0.4 is 5.32 Å². The minimum atomic E-state index is -0.857. The molecule has 1 heterocycles. The number of hydrogen-bond acceptors (Lipinski definition) is 4. The molecule has 104 valence electrons. The van der Waals surface area contributed by atoms with Gasteiger partial charge in [-0.15, -0.1) is 11.3 Å². The molecular weight excluding hydrogens is 264 g/mol. The molecule has 1 fully saturated rings. The molecule has 1 aliphatic carbocycles. The number of aromatic nitrogens is 1. The Bertz CT molecular complexity index is 472. The van der Waals surface area contributed by atoms with Crippen LogP contribution in [0.4, 0.5) is 0 Å². The molecule has 1 saturated carbocycles. The van der Waals surface area contributed by atoms with Gasteiger partial charge in [-0.05, 0) is 19.8 Å². The van der Waals surface area contributed by atoms with Gasteiger partial charge in [0, 0.05) is 11.1 Å². The number of aryl methyl sites for hydroxylation is 1. The van der Waals surface area contributed by atoms with Gasteiger partial charge in [0.15, 0.2) is 0 Å². The zero-order valence-corrected chi connectivity index (χ0v) is 11.7. The molecule has 6 heteroatoms. The third kappa shape index (κ3) is 3.53. The number of carbonyl (C=O) groups is 2. The smallest absolute Gasteiger partial charge is 0.307 e. The predicted octanol–water partition coefficient (Wildman–Crippen LogP) is 1.96. The van der Waals surface area contributed by atoms with Crippen LogP contribution in [0.25, 0.3) is 0 Å². The van der Waals surface area contributed by atoms with E-state index in [1.807, 2.05) is 6.92 Å². The van der Waals surface area contributed by atoms with Crippen molar-refractivity contribution < 1.29 is 14.7 Å². The van der Waals surface area contributed by atoms with Crippen molar-refractivity contribution in [2.45, 2.75) is 39.2 Å². The molecule has 0 saturated heterocycles. The standard InChI is InChI=1S/C13H18N2O3S/c1-8-6-14-11(19-8)7-15-12(16)9-4-2-3-5-10(9)13(17)18/h6,9-10H,2-5,7H2,1H3,(H,15,16)(H,17,18)/t9-,10+/m1/s1. The number of carbonyl (C=O) groups excluding carboxylic acids is 1. The van der Waals surface area contributed by atoms with E-state index < -0.39 is 17.8 Å². The van der Waals surface area contributed by atoms with E-state index in [1.165, 1.54) is 0 Å². The van der Waals surface area contributed by atoms with Gasteiger partial charge >= 0.3 is 5.97 Å². The van der Waals surface area contributed by atoms with Crippen LogP contribution in [0.3, 0.4) is 0 Å². The molecule has 1 aliphatic rings. The summed E-state index contributed by atoms with van der Waals surface area (Å²) in [6.45, 7) is 2.35. The summed E-state index contributed by atoms with van der Waals surface area (Å²) in [6, 6.07) is 0. The molecule has 2 atom stereocenters. The SMILES string of the molecule is Cc1cnc(CNC(=O)[C@@H]2CCCC[C@@H]2C(=O)O)s1. The number of nitrogens with zero attached hydrogens (tertiary/aromatic N) is 1. The number of rotatable bonds is 4. The summed E-state index contributed by atoms with van der Waals surface area (Å²) >= 11 is 1.54. The van der Waals surface area contributed by atoms with Gasteiger partial charge in [-0.2, -0.15) is 0 Å². The molecule has 0 unspecified atom stereocenters. The van der Waals surface area contributed by atoms with E-state index >= 15 is 0 Å². The number of aliphatic carboxylic acids is 1. The van der Waals surface area contributed by atoms with Crippen molar-refractivity contribution in [1.29, 1.82) is 0 Å². The number of thiazole rings is 1. The quantitative estimate of drug-likeness (QED) is 0.884. The molecule has 0 radical (unpaired) electrons. The topological polar surface area (TPSA) is 79.3 Å². The van der Waals surface area contributed by atoms with Crippen molar-refractivity contribution in [3.05, 3.63) is 16.1 Å². The maximum atomic E-state index is 12.1. The van der Waals surface area contributed by atoms with Gasteiger partial charge < -0.3 is 10.4 Å². The number of amides is 1. The molecule has 5 nitrogen and oxygen atoms in total. The fourth-order valence-electron chi connectivity index (χ4n) is 2.52. The summed E-state index contributed by atoms with van der Waals surface area (Å²) in [5.41, 5.74) is 0. The molecule has 1 aromatic heterocycles. The van der Waals surface area contributed by atoms with Crippen molar-refractivity contribution in [3.8, 4) is 0 Å². The molecule has 2 N–H and O–H groups in total. The lowest BCUT2D eigenvalue weighted by Crippen LogP contribution is -2.39. The highest BCUT2D eigenvalue weighted by atomic mass is 32.1. The molecule has 0 bridgehead atoms. The van der Waals surface area contributed by atoms with E-state index in [0.717, 1.165) is 22.7 Å². The van der Waals surface area contributed by atoms with Crippen molar-refractivity contribution in [1.82, 2.24) is 10.3 Å². The van der Waals surface area contributed by atoms with Crippen LogP contribution >= 0.6 is 11.3 Å². The van der Waals surface area contributed by atoms with E-state index in [0.29, 0.717) is 19.4 Å². The lowest BCUT2D eigenvalue weighted by Gasteiger charge is -2.27. The highest BCUT2D eigenvalue weighted by Gasteiger charge is 2.35. The molecule has 1 aromatic rings. The second kappa shape index (κ2) is 6.14. The fourth-order valence-corrected chi connectivity index (χ4v) is 3.24. The van der Waals surface area contributed by atoms with Gasteiger partial charge in [-0.25, -0.2) is 4.98 Å². The van der Waals surface area contributed by atoms with Gasteiger partial charge in [0.05, 0.1) is 18.4 Å². The van der Waals surface area contributed by atoms with Crippen LogP contribution in [0.2, 0.25) is 0 Å². The van der Waals surface area contributed by atoms with E-state index in [-0.39, 0.29) is 5.91 Å². The van der Waals surface area contributed by atoms with E-state index in [1.54, 1.807) is 17.5 Å². The summed E-state index contributed by atoms with van der Waals surface area (Å²) in [6.07, 6.45) is 4.86. The summed E-state index contributed by atoms with van der Waals surface area (Å²) in [7, 11) is 0. The third-order valence-corrected chi connectivity index (χ3v) is 4.42. The van der Waals surface area contributed by atoms with E-state index in [9.17, 15) is 9.59 Å². The third-order valence-electron chi connectivity index (χ3n) is 3.50. The van der Waals surface area contributed by atoms with Crippen LogP contribution in [0.1, 0.15) is 35.6 Å². The van der Waals surface area contributed by atoms with Crippen LogP contribution in [0.15, 0.2) is 6.20 Å². The Hall–Kier alpha value is -1.43. The van der Waals surface area contributed by atoms with Gasteiger partial charge in [0.1, 0.15) is 5.01 Å². The van der Waals surface area contributed by atoms with Crippen molar-refractivity contribution in [2.24, 2.45) is 11.8 Å². The highest BCUT2D eigenvalue weighted by molar-refractivity contribution is 7.11. The largest absolute Gasteiger partial charge is 0.481 e. The summed E-state index contributed by atoms with van der Waals surface area (Å²) in [5, 5.41) is 12.8. The highest BCUT2D eigenvalue weighted by Crippen LogP contribution is 2.30. The molecule has 1 amide bonds. The first-order valence-electron chi connectivity index (χ1n) is 6.49. The average molecular weight is 282 g/mol. The first-order chi connectivity index (χ1) is 9.08. The Morgan fingerprint density at radius 1 is 1.42 bits per heavy atom. The molecule has 0 aromatic carbocycles. The first kappa shape index (κ1) is 14.0. The minimum absolute atomic E-state index is 0.153. The normalized spacial score (nSPS) is 23.0. The Morgan fingerprint density at radius 2 is 2.11 bits per heavy atom. The second-order valence-electron chi connectivity index (χ2n) is 4.92. The maximum absolute atomic E-state index is 12.1. The van der Waals surface area contributed by atoms with Gasteiger partial charge in [-0.1, -0.05) is 12.8 Å². The van der Waals surface area contributed by atoms with Gasteiger partial charge in [0.25, 0.3) is 0 Å². The van der Waals surface area contributed by atoms with Crippen molar-refractivity contribution in [3.63, 3.8) is 0 Å². The maximum Gasteiger partial charge on any atom is 0.307 e. The van der Waals surface area contributed by atoms with Crippen LogP contribution in [-0.4, -0.2) is 22.0 Å². The molecular formula is C13H18N2O3S. The van der Waals surface area contributed by atoms with Crippen molar-refractivity contribution >= 4 is 23.2 Å². The first-order valence-corrected chi connectivity index (χ1v) is 7.31. The number of carboxylic acids is 1. The Balaban J connectivity index is 1.92. The van der Waals surface area contributed by atoms with Gasteiger partial charge in [-0.3, -0.25) is 9.59 Å². The Morgan fingerprint density at radius 3 is 2.68 bits per heavy atom. The molecule has 2 rings (SSSR count). The van der Waals surface area contributed by atoms with Crippen LogP contribution in [0.5, 0.6) is 0 Å². The molecule has 19 heavy (non-hydrogen) atoms. The van der Waals surface area contributed by atoms with Crippen LogP contribution in [-0.2, 0) is 16.1 Å². The summed E-state index contributed by atoms with van der Waals surface area (Å²) < 4.78 is 0. The predicted molar refractivity (Wildman–Crippen MR) is 71.8 cm³/mol. The van der Waals surface area contributed by atoms with E-state index in [2.05, 4.69) is 10.3 Å². The average Bonchev–Trinajstić information content (AvgIpc) is 2.81. The second-order valence-corrected chi connectivity index (χ2v) is 6.24. The minimum Gasteiger partial charge on any atom is -0.481 e. The molecule has 0 spiro atoms. The number of nitrogens with one attached hydrogen (secondary N) is 1. The fraction of sp³-hybridized carbons (Fsp3) is 0.615. The van der Waals surface area contributed by atoms with E-state index in [4.69, 9.17) is 5.11 Å². The zero-order chi connectivity index (χ0) is 13.8. The van der Waals surface area contributed by atoms with Crippen molar-refractivity contribution in [2.75, 3.05) is 0 Å². The Labute approximate surface area is 116 Å². The van der Waals surface area contributed by atoms with Crippen LogP contribution in [0, 0.1) is 18.8 Å². The lowest BCUT2D eigenvalue weighted by molar-refractivity contribution is -0.148. The Kier molecular flexibility index (Phi) is 4.52. The number of hydrogen-bond donors (Lipinski definition) is 2. The molecule has 0 aliphatic heterocycles. The monoisotopic (exact) mass is 282 g/mol. The number of carboxylic acid groups (broad SMARTS) is 1. The zero-order valence-electron chi connectivity index (χ0n) is 10.9. The summed E-state index contributed by atoms with van der Waals surface area (Å²) in [4.78, 5) is 28.5. The lowest BCUT2D eigenvalue weighted by atomic mass is 9.79.